The van der Waals surface area contributed by atoms with Gasteiger partial charge >= 0.3 is 0 Å². The van der Waals surface area contributed by atoms with Gasteiger partial charge in [-0.3, -0.25) is 9.78 Å². The summed E-state index contributed by atoms with van der Waals surface area (Å²) in [6.07, 6.45) is 2.82. The van der Waals surface area contributed by atoms with Crippen LogP contribution >= 0.6 is 11.6 Å². The largest absolute Gasteiger partial charge is 0.299 e. The molecule has 0 N–H and O–H groups in total. The number of carbonyl (C=O) groups is 1. The van der Waals surface area contributed by atoms with Crippen molar-refractivity contribution in [3.05, 3.63) is 88.7 Å². The summed E-state index contributed by atoms with van der Waals surface area (Å²) in [5.74, 6) is 0.443. The molecule has 0 amide bonds. The van der Waals surface area contributed by atoms with E-state index in [9.17, 15) is 4.79 Å². The van der Waals surface area contributed by atoms with Crippen LogP contribution in [0.25, 0.3) is 11.1 Å². The lowest BCUT2D eigenvalue weighted by Crippen LogP contribution is -2.07. The fourth-order valence-electron chi connectivity index (χ4n) is 3.09. The number of carbonyl (C=O) groups excluding carboxylic acids is 1. The smallest absolute Gasteiger partial charge is 0.137 e. The van der Waals surface area contributed by atoms with E-state index in [2.05, 4.69) is 30.1 Å². The first kappa shape index (κ1) is 18.3. The number of hydrogen-bond acceptors (Lipinski definition) is 2. The number of halogens is 1. The van der Waals surface area contributed by atoms with Crippen molar-refractivity contribution in [2.45, 2.75) is 32.6 Å². The summed E-state index contributed by atoms with van der Waals surface area (Å²) < 4.78 is 0. The molecule has 26 heavy (non-hydrogen) atoms. The number of ketones is 1. The molecule has 2 aromatic carbocycles. The third kappa shape index (κ3) is 4.80. The molecule has 0 aliphatic heterocycles. The van der Waals surface area contributed by atoms with Crippen molar-refractivity contribution in [3.63, 3.8) is 0 Å². The maximum Gasteiger partial charge on any atom is 0.137 e. The summed E-state index contributed by atoms with van der Waals surface area (Å²) in [5.41, 5.74) is 5.48. The van der Waals surface area contributed by atoms with E-state index >= 15 is 0 Å². The van der Waals surface area contributed by atoms with Gasteiger partial charge in [-0.2, -0.15) is 0 Å². The highest BCUT2D eigenvalue weighted by molar-refractivity contribution is 6.30. The Morgan fingerprint density at radius 2 is 1.69 bits per heavy atom. The second kappa shape index (κ2) is 8.29. The van der Waals surface area contributed by atoms with Gasteiger partial charge < -0.3 is 0 Å². The summed E-state index contributed by atoms with van der Waals surface area (Å²) in [4.78, 5) is 16.7. The quantitative estimate of drug-likeness (QED) is 0.536. The molecular formula is C23H22ClNO. The Morgan fingerprint density at radius 3 is 2.35 bits per heavy atom. The minimum absolute atomic E-state index is 0.193. The van der Waals surface area contributed by atoms with Crippen molar-refractivity contribution >= 4 is 17.4 Å². The van der Waals surface area contributed by atoms with Gasteiger partial charge in [-0.05, 0) is 59.4 Å². The maximum absolute atomic E-state index is 12.4. The molecule has 1 heterocycles. The number of benzene rings is 2. The van der Waals surface area contributed by atoms with Gasteiger partial charge in [0.15, 0.2) is 0 Å². The van der Waals surface area contributed by atoms with Gasteiger partial charge in [-0.25, -0.2) is 0 Å². The normalized spacial score (nSPS) is 12.0. The van der Waals surface area contributed by atoms with Crippen LogP contribution in [-0.2, 0) is 11.2 Å². The van der Waals surface area contributed by atoms with Crippen LogP contribution in [0.4, 0.5) is 0 Å². The molecule has 1 atom stereocenters. The van der Waals surface area contributed by atoms with Crippen LogP contribution < -0.4 is 0 Å². The summed E-state index contributed by atoms with van der Waals surface area (Å²) in [6.45, 7) is 4.06. The third-order valence-corrected chi connectivity index (χ3v) is 4.81. The molecule has 132 valence electrons. The van der Waals surface area contributed by atoms with Crippen LogP contribution in [0, 0.1) is 6.92 Å². The van der Waals surface area contributed by atoms with E-state index in [0.29, 0.717) is 12.8 Å². The summed E-state index contributed by atoms with van der Waals surface area (Å²) in [5, 5.41) is 0.719. The minimum Gasteiger partial charge on any atom is -0.299 e. The van der Waals surface area contributed by atoms with Crippen LogP contribution in [0.2, 0.25) is 5.02 Å². The monoisotopic (exact) mass is 363 g/mol. The standard InChI is InChI=1S/C23H22ClNO/c1-16(19-7-9-22(24)10-8-19)13-23(26)15-18-3-5-20(6-4-18)21-11-12-25-17(2)14-21/h3-12,14,16H,13,15H2,1-2H3. The van der Waals surface area contributed by atoms with Crippen LogP contribution in [0.15, 0.2) is 66.9 Å². The molecule has 3 heteroatoms. The Balaban J connectivity index is 1.61. The van der Waals surface area contributed by atoms with Gasteiger partial charge in [0.1, 0.15) is 5.78 Å². The zero-order valence-electron chi connectivity index (χ0n) is 15.1. The second-order valence-corrected chi connectivity index (χ2v) is 7.19. The van der Waals surface area contributed by atoms with E-state index in [1.165, 1.54) is 0 Å². The molecule has 0 radical (unpaired) electrons. The van der Waals surface area contributed by atoms with Crippen LogP contribution in [0.5, 0.6) is 0 Å². The lowest BCUT2D eigenvalue weighted by Gasteiger charge is -2.11. The van der Waals surface area contributed by atoms with Crippen LogP contribution in [0.3, 0.4) is 0 Å². The average molecular weight is 364 g/mol. The molecule has 0 spiro atoms. The average Bonchev–Trinajstić information content (AvgIpc) is 2.62. The van der Waals surface area contributed by atoms with E-state index in [-0.39, 0.29) is 11.7 Å². The van der Waals surface area contributed by atoms with Crippen molar-refractivity contribution in [1.82, 2.24) is 4.98 Å². The highest BCUT2D eigenvalue weighted by Crippen LogP contribution is 2.23. The van der Waals surface area contributed by atoms with Gasteiger partial charge in [0.05, 0.1) is 0 Å². The van der Waals surface area contributed by atoms with Crippen LogP contribution in [0.1, 0.15) is 36.1 Å². The summed E-state index contributed by atoms with van der Waals surface area (Å²) >= 11 is 5.92. The highest BCUT2D eigenvalue weighted by atomic mass is 35.5. The number of nitrogens with zero attached hydrogens (tertiary/aromatic N) is 1. The van der Waals surface area contributed by atoms with Crippen molar-refractivity contribution in [3.8, 4) is 11.1 Å². The Kier molecular flexibility index (Phi) is 5.85. The fraction of sp³-hybridized carbons (Fsp3) is 0.217. The van der Waals surface area contributed by atoms with E-state index in [1.807, 2.05) is 55.6 Å². The molecule has 0 saturated heterocycles. The Morgan fingerprint density at radius 1 is 1.00 bits per heavy atom. The lowest BCUT2D eigenvalue weighted by molar-refractivity contribution is -0.118. The van der Waals surface area contributed by atoms with E-state index in [0.717, 1.165) is 33.0 Å². The summed E-state index contributed by atoms with van der Waals surface area (Å²) in [6, 6.07) is 20.0. The fourth-order valence-corrected chi connectivity index (χ4v) is 3.22. The molecule has 2 nitrogen and oxygen atoms in total. The molecule has 0 aliphatic carbocycles. The van der Waals surface area contributed by atoms with Gasteiger partial charge in [-0.1, -0.05) is 54.9 Å². The van der Waals surface area contributed by atoms with Gasteiger partial charge in [-0.15, -0.1) is 0 Å². The number of rotatable bonds is 6. The predicted molar refractivity (Wildman–Crippen MR) is 108 cm³/mol. The lowest BCUT2D eigenvalue weighted by atomic mass is 9.93. The Hall–Kier alpha value is -2.45. The van der Waals surface area contributed by atoms with Crippen molar-refractivity contribution in [2.75, 3.05) is 0 Å². The SMILES string of the molecule is Cc1cc(-c2ccc(CC(=O)CC(C)c3ccc(Cl)cc3)cc2)ccn1. The van der Waals surface area contributed by atoms with Gasteiger partial charge in [0, 0.05) is 29.8 Å². The minimum atomic E-state index is 0.193. The summed E-state index contributed by atoms with van der Waals surface area (Å²) in [7, 11) is 0. The Labute approximate surface area is 159 Å². The third-order valence-electron chi connectivity index (χ3n) is 4.56. The topological polar surface area (TPSA) is 30.0 Å². The van der Waals surface area contributed by atoms with Crippen molar-refractivity contribution in [1.29, 1.82) is 0 Å². The number of aromatic nitrogens is 1. The van der Waals surface area contributed by atoms with E-state index < -0.39 is 0 Å². The molecule has 0 fully saturated rings. The Bertz CT molecular complexity index is 885. The first-order valence-corrected chi connectivity index (χ1v) is 9.18. The molecule has 3 aromatic rings. The first-order chi connectivity index (χ1) is 12.5. The maximum atomic E-state index is 12.4. The molecule has 0 bridgehead atoms. The van der Waals surface area contributed by atoms with Gasteiger partial charge in [0.25, 0.3) is 0 Å². The molecule has 0 aliphatic rings. The van der Waals surface area contributed by atoms with E-state index in [4.69, 9.17) is 11.6 Å². The zero-order chi connectivity index (χ0) is 18.5. The number of Topliss-reactive ketones (excluding diaryl/α,β-unsaturated/α-hetero) is 1. The zero-order valence-corrected chi connectivity index (χ0v) is 15.8. The molecule has 3 rings (SSSR count). The highest BCUT2D eigenvalue weighted by Gasteiger charge is 2.12. The van der Waals surface area contributed by atoms with Crippen molar-refractivity contribution in [2.24, 2.45) is 0 Å². The van der Waals surface area contributed by atoms with Gasteiger partial charge in [0.2, 0.25) is 0 Å². The molecular weight excluding hydrogens is 342 g/mol. The van der Waals surface area contributed by atoms with E-state index in [1.54, 1.807) is 0 Å². The number of hydrogen-bond donors (Lipinski definition) is 0. The molecule has 1 unspecified atom stereocenters. The predicted octanol–water partition coefficient (Wildman–Crippen LogP) is 6.02. The molecule has 0 saturated carbocycles. The second-order valence-electron chi connectivity index (χ2n) is 6.75. The van der Waals surface area contributed by atoms with Crippen LogP contribution in [-0.4, -0.2) is 10.8 Å². The molecule has 1 aromatic heterocycles. The number of aryl methyl sites for hydroxylation is 1. The first-order valence-electron chi connectivity index (χ1n) is 8.80. The number of pyridine rings is 1. The van der Waals surface area contributed by atoms with Crippen molar-refractivity contribution < 1.29 is 4.79 Å².